The van der Waals surface area contributed by atoms with Gasteiger partial charge in [0.1, 0.15) is 22.8 Å². The van der Waals surface area contributed by atoms with E-state index in [1.54, 1.807) is 6.08 Å². The summed E-state index contributed by atoms with van der Waals surface area (Å²) in [7, 11) is 0. The zero-order valence-corrected chi connectivity index (χ0v) is 26.8. The summed E-state index contributed by atoms with van der Waals surface area (Å²) in [4.78, 5) is 61.6. The fraction of sp³-hybridized carbons (Fsp3) is 0.156. The number of amides is 2. The van der Waals surface area contributed by atoms with Gasteiger partial charge in [-0.3, -0.25) is 14.5 Å². The van der Waals surface area contributed by atoms with Gasteiger partial charge in [0.2, 0.25) is 11.6 Å². The maximum atomic E-state index is 13.5. The van der Waals surface area contributed by atoms with Crippen LogP contribution < -0.4 is 15.6 Å². The topological polar surface area (TPSA) is 229 Å². The molecule has 3 unspecified atom stereocenters. The Morgan fingerprint density at radius 1 is 1.14 bits per heavy atom. The van der Waals surface area contributed by atoms with Crippen LogP contribution in [0.4, 0.5) is 5.13 Å². The average Bonchev–Trinajstić information content (AvgIpc) is 3.51. The van der Waals surface area contributed by atoms with Crippen molar-refractivity contribution in [3.63, 3.8) is 0 Å². The van der Waals surface area contributed by atoms with Gasteiger partial charge in [-0.1, -0.05) is 29.4 Å². The number of nitrogen functional groups attached to an aromatic ring is 1. The van der Waals surface area contributed by atoms with Gasteiger partial charge in [0.25, 0.3) is 11.8 Å². The highest BCUT2D eigenvalue weighted by Crippen LogP contribution is 2.40. The molecule has 6 rings (SSSR count). The molecule has 2 aromatic carbocycles. The third kappa shape index (κ3) is 6.61. The summed E-state index contributed by atoms with van der Waals surface area (Å²) in [6, 6.07) is 13.8. The number of phenolic OH excluding ortho intramolecular Hbond substituents is 2. The largest absolute Gasteiger partial charge is 0.504 e. The number of aromatic nitrogens is 2. The summed E-state index contributed by atoms with van der Waals surface area (Å²) in [6.07, 6.45) is 3.61. The van der Waals surface area contributed by atoms with Crippen molar-refractivity contribution >= 4 is 68.6 Å². The van der Waals surface area contributed by atoms with E-state index in [-0.39, 0.29) is 27.8 Å². The van der Waals surface area contributed by atoms with E-state index in [1.165, 1.54) is 23.2 Å². The van der Waals surface area contributed by atoms with Crippen LogP contribution >= 0.6 is 23.1 Å². The summed E-state index contributed by atoms with van der Waals surface area (Å²) in [5.41, 5.74) is 6.32. The van der Waals surface area contributed by atoms with Gasteiger partial charge in [0.15, 0.2) is 35.1 Å². The number of carboxylic acids is 2. The number of thiazole rings is 1. The second-order valence-corrected chi connectivity index (χ2v) is 12.7. The molecule has 0 aliphatic carbocycles. The third-order valence-electron chi connectivity index (χ3n) is 7.65. The monoisotopic (exact) mass is 703 g/mol. The number of oxime groups is 1. The van der Waals surface area contributed by atoms with Crippen molar-refractivity contribution in [3.8, 4) is 11.5 Å². The molecule has 4 aromatic rings. The summed E-state index contributed by atoms with van der Waals surface area (Å²) in [5.74, 6) is -5.29. The predicted molar refractivity (Wildman–Crippen MR) is 177 cm³/mol. The number of carbonyl (C=O) groups is 4. The summed E-state index contributed by atoms with van der Waals surface area (Å²) < 4.78 is 2.01. The van der Waals surface area contributed by atoms with E-state index in [2.05, 4.69) is 15.5 Å². The molecular formula is C32H27N6O9S2+. The van der Waals surface area contributed by atoms with Crippen molar-refractivity contribution < 1.29 is 49.0 Å². The van der Waals surface area contributed by atoms with Crippen LogP contribution in [-0.2, 0) is 30.6 Å². The molecule has 0 spiro atoms. The SMILES string of the molecule is Nc1nc(C(=NOC(C(=O)O)c2ccc(O)c(O)c2)C(=O)NC2C(=O)N3C(C(=O)O)=C(C=CC[n+]4cccc5ccccc54)CSC23)cs1. The van der Waals surface area contributed by atoms with E-state index in [0.29, 0.717) is 12.1 Å². The molecule has 15 nitrogen and oxygen atoms in total. The molecule has 2 aliphatic rings. The average molecular weight is 704 g/mol. The second kappa shape index (κ2) is 13.7. The highest BCUT2D eigenvalue weighted by atomic mass is 32.2. The molecule has 17 heteroatoms. The van der Waals surface area contributed by atoms with Crippen LogP contribution in [0.2, 0.25) is 0 Å². The first-order valence-corrected chi connectivity index (χ1v) is 16.4. The van der Waals surface area contributed by atoms with Crippen LogP contribution in [0.25, 0.3) is 10.9 Å². The molecule has 4 heterocycles. The van der Waals surface area contributed by atoms with Gasteiger partial charge < -0.3 is 36.3 Å². The number of hydrogen-bond acceptors (Lipinski definition) is 12. The number of anilines is 1. The number of aliphatic carboxylic acids is 2. The Bertz CT molecular complexity index is 2090. The number of β-lactam (4-membered cyclic amide) rings is 1. The van der Waals surface area contributed by atoms with Gasteiger partial charge in [-0.25, -0.2) is 14.6 Å². The van der Waals surface area contributed by atoms with E-state index < -0.39 is 58.5 Å². The van der Waals surface area contributed by atoms with Crippen molar-refractivity contribution in [2.45, 2.75) is 24.1 Å². The molecular weight excluding hydrogens is 677 g/mol. The van der Waals surface area contributed by atoms with Gasteiger partial charge in [0, 0.05) is 34.2 Å². The first-order valence-electron chi connectivity index (χ1n) is 14.5. The number of benzene rings is 2. The highest BCUT2D eigenvalue weighted by molar-refractivity contribution is 8.00. The number of nitrogens with zero attached hydrogens (tertiary/aromatic N) is 4. The number of allylic oxidation sites excluding steroid dienone is 2. The molecule has 2 aromatic heterocycles. The van der Waals surface area contributed by atoms with Crippen molar-refractivity contribution in [1.82, 2.24) is 15.2 Å². The summed E-state index contributed by atoms with van der Waals surface area (Å²) >= 11 is 2.23. The molecule has 7 N–H and O–H groups in total. The smallest absolute Gasteiger partial charge is 0.352 e. The summed E-state index contributed by atoms with van der Waals surface area (Å²) in [5, 5.41) is 47.3. The fourth-order valence-electron chi connectivity index (χ4n) is 5.33. The van der Waals surface area contributed by atoms with E-state index in [0.717, 1.165) is 39.3 Å². The van der Waals surface area contributed by atoms with Crippen LogP contribution in [0.15, 0.2) is 94.8 Å². The zero-order chi connectivity index (χ0) is 34.8. The predicted octanol–water partition coefficient (Wildman–Crippen LogP) is 2.12. The van der Waals surface area contributed by atoms with Gasteiger partial charge in [0.05, 0.1) is 0 Å². The van der Waals surface area contributed by atoms with Crippen LogP contribution in [0, 0.1) is 0 Å². The van der Waals surface area contributed by atoms with Gasteiger partial charge in [-0.2, -0.15) is 4.57 Å². The van der Waals surface area contributed by atoms with Crippen molar-refractivity contribution in [1.29, 1.82) is 0 Å². The molecule has 0 radical (unpaired) electrons. The van der Waals surface area contributed by atoms with Gasteiger partial charge >= 0.3 is 11.9 Å². The minimum atomic E-state index is -1.81. The molecule has 2 amide bonds. The maximum absolute atomic E-state index is 13.5. The minimum absolute atomic E-state index is 0.0677. The molecule has 3 atom stereocenters. The number of phenols is 2. The number of carbonyl (C=O) groups excluding carboxylic acids is 2. The number of nitrogens with two attached hydrogens (primary N) is 1. The Labute approximate surface area is 285 Å². The highest BCUT2D eigenvalue weighted by Gasteiger charge is 2.54. The van der Waals surface area contributed by atoms with E-state index in [1.807, 2.05) is 53.2 Å². The Morgan fingerprint density at radius 2 is 1.92 bits per heavy atom. The molecule has 0 bridgehead atoms. The summed E-state index contributed by atoms with van der Waals surface area (Å²) in [6.45, 7) is 0.459. The number of thioether (sulfide) groups is 1. The first kappa shape index (κ1) is 33.0. The van der Waals surface area contributed by atoms with Crippen LogP contribution in [0.1, 0.15) is 17.4 Å². The lowest BCUT2D eigenvalue weighted by molar-refractivity contribution is -0.661. The Balaban J connectivity index is 1.20. The minimum Gasteiger partial charge on any atom is -0.504 e. The quantitative estimate of drug-likeness (QED) is 0.0434. The Morgan fingerprint density at radius 3 is 2.63 bits per heavy atom. The number of carboxylic acid groups (broad SMARTS) is 2. The molecule has 2 aliphatic heterocycles. The number of hydrogen-bond donors (Lipinski definition) is 6. The van der Waals surface area contributed by atoms with Crippen LogP contribution in [0.5, 0.6) is 11.5 Å². The van der Waals surface area contributed by atoms with Crippen LogP contribution in [0.3, 0.4) is 0 Å². The molecule has 1 saturated heterocycles. The Kier molecular flexibility index (Phi) is 9.19. The van der Waals surface area contributed by atoms with Crippen molar-refractivity contribution in [2.75, 3.05) is 11.5 Å². The lowest BCUT2D eigenvalue weighted by atomic mass is 10.0. The number of rotatable bonds is 11. The second-order valence-electron chi connectivity index (χ2n) is 10.7. The lowest BCUT2D eigenvalue weighted by Crippen LogP contribution is -2.71. The normalized spacial score (nSPS) is 18.2. The first-order chi connectivity index (χ1) is 23.5. The zero-order valence-electron chi connectivity index (χ0n) is 25.2. The number of pyridine rings is 1. The number of nitrogens with one attached hydrogen (secondary N) is 1. The standard InChI is InChI=1S/C32H26N6O9S2/c33-32-34-19(15-49-32)23(36-47-26(31(45)46)17-9-10-21(39)22(40)13-17)27(41)35-24-28(42)38-25(30(43)44)18(14-48-29(24)38)7-4-12-37-11-3-6-16-5-1-2-8-20(16)37/h1-11,13,15,24,26,29H,12,14H2,(H6-,33,34,35,36,39,40,41,43,44,45,46)/p+1. The third-order valence-corrected chi connectivity index (χ3v) is 9.63. The maximum Gasteiger partial charge on any atom is 0.352 e. The van der Waals surface area contributed by atoms with Crippen LogP contribution in [-0.4, -0.2) is 76.9 Å². The molecule has 250 valence electrons. The Hall–Kier alpha value is -5.94. The number of fused-ring (bicyclic) bond motifs is 2. The van der Waals surface area contributed by atoms with Crippen molar-refractivity contribution in [3.05, 3.63) is 101 Å². The van der Waals surface area contributed by atoms with Gasteiger partial charge in [-0.05, 0) is 35.9 Å². The number of para-hydroxylation sites is 1. The van der Waals surface area contributed by atoms with E-state index in [4.69, 9.17) is 10.6 Å². The fourth-order valence-corrected chi connectivity index (χ4v) is 7.19. The lowest BCUT2D eigenvalue weighted by Gasteiger charge is -2.49. The number of aromatic hydroxyl groups is 2. The molecule has 1 fully saturated rings. The van der Waals surface area contributed by atoms with Crippen molar-refractivity contribution in [2.24, 2.45) is 5.16 Å². The van der Waals surface area contributed by atoms with E-state index >= 15 is 0 Å². The van der Waals surface area contributed by atoms with Gasteiger partial charge in [-0.15, -0.1) is 23.1 Å². The molecule has 49 heavy (non-hydrogen) atoms. The molecule has 0 saturated carbocycles. The van der Waals surface area contributed by atoms with E-state index in [9.17, 15) is 39.6 Å².